The zero-order valence-corrected chi connectivity index (χ0v) is 15.3. The third-order valence-electron chi connectivity index (χ3n) is 4.87. The normalized spacial score (nSPS) is 20.5. The van der Waals surface area contributed by atoms with Crippen molar-refractivity contribution in [2.24, 2.45) is 0 Å². The van der Waals surface area contributed by atoms with Crippen LogP contribution in [-0.2, 0) is 9.53 Å². The molecular formula is C18H23ClN2O4. The fraction of sp³-hybridized carbons (Fsp3) is 0.556. The molecule has 2 fully saturated rings. The molecule has 0 N–H and O–H groups in total. The highest BCUT2D eigenvalue weighted by Crippen LogP contribution is 2.33. The summed E-state index contributed by atoms with van der Waals surface area (Å²) in [4.78, 5) is 27.9. The highest BCUT2D eigenvalue weighted by atomic mass is 35.5. The number of carbonyl (C=O) groups is 2. The number of likely N-dealkylation sites (N-methyl/N-ethyl adjacent to an activating group) is 1. The predicted octanol–water partition coefficient (Wildman–Crippen LogP) is 2.94. The Morgan fingerprint density at radius 3 is 2.72 bits per heavy atom. The van der Waals surface area contributed by atoms with E-state index in [1.54, 1.807) is 41.0 Å². The van der Waals surface area contributed by atoms with E-state index in [4.69, 9.17) is 21.1 Å². The topological polar surface area (TPSA) is 59.1 Å². The number of benzene rings is 1. The smallest absolute Gasteiger partial charge is 0.410 e. The van der Waals surface area contributed by atoms with Crippen molar-refractivity contribution in [1.82, 2.24) is 9.80 Å². The highest BCUT2D eigenvalue weighted by molar-refractivity contribution is 6.30. The Bertz CT molecular complexity index is 658. The van der Waals surface area contributed by atoms with Crippen LogP contribution in [0.25, 0.3) is 0 Å². The summed E-state index contributed by atoms with van der Waals surface area (Å²) >= 11 is 5.94. The van der Waals surface area contributed by atoms with Crippen LogP contribution < -0.4 is 4.74 Å². The monoisotopic (exact) mass is 366 g/mol. The summed E-state index contributed by atoms with van der Waals surface area (Å²) in [6.07, 6.45) is 0.473. The van der Waals surface area contributed by atoms with E-state index >= 15 is 0 Å². The Balaban J connectivity index is 1.55. The number of nitrogens with zero attached hydrogens (tertiary/aromatic N) is 2. The third kappa shape index (κ3) is 3.84. The second-order valence-corrected chi connectivity index (χ2v) is 7.04. The molecule has 0 saturated carbocycles. The van der Waals surface area contributed by atoms with Crippen LogP contribution in [-0.4, -0.2) is 59.7 Å². The molecule has 7 heteroatoms. The number of rotatable bonds is 4. The van der Waals surface area contributed by atoms with Gasteiger partial charge in [0.05, 0.1) is 6.54 Å². The van der Waals surface area contributed by atoms with Gasteiger partial charge >= 0.3 is 6.09 Å². The molecule has 2 saturated heterocycles. The van der Waals surface area contributed by atoms with Crippen LogP contribution >= 0.6 is 11.6 Å². The van der Waals surface area contributed by atoms with E-state index in [1.807, 2.05) is 6.92 Å². The van der Waals surface area contributed by atoms with Crippen molar-refractivity contribution < 1.29 is 19.1 Å². The van der Waals surface area contributed by atoms with Crippen molar-refractivity contribution in [2.75, 3.05) is 26.2 Å². The molecule has 0 bridgehead atoms. The van der Waals surface area contributed by atoms with E-state index in [0.29, 0.717) is 49.8 Å². The van der Waals surface area contributed by atoms with Gasteiger partial charge in [-0.15, -0.1) is 0 Å². The molecule has 0 radical (unpaired) electrons. The van der Waals surface area contributed by atoms with Gasteiger partial charge in [-0.25, -0.2) is 4.79 Å². The molecule has 6 nitrogen and oxygen atoms in total. The lowest BCUT2D eigenvalue weighted by atomic mass is 9.91. The van der Waals surface area contributed by atoms with Crippen LogP contribution in [0, 0.1) is 0 Å². The van der Waals surface area contributed by atoms with E-state index in [2.05, 4.69) is 0 Å². The standard InChI is InChI=1S/C18H23ClN2O4/c1-3-20-12-18(25-17(20)23)7-9-21(10-8-18)16(22)13(2)24-15-6-4-5-14(19)11-15/h4-6,11,13H,3,7-10,12H2,1-2H3/t13-/m1/s1. The average Bonchev–Trinajstić information content (AvgIpc) is 2.90. The molecular weight excluding hydrogens is 344 g/mol. The molecule has 1 spiro atoms. The average molecular weight is 367 g/mol. The van der Waals surface area contributed by atoms with Gasteiger partial charge in [0.25, 0.3) is 5.91 Å². The molecule has 3 rings (SSSR count). The first kappa shape index (κ1) is 17.9. The molecule has 136 valence electrons. The molecule has 0 aromatic heterocycles. The first-order chi connectivity index (χ1) is 11.9. The first-order valence-corrected chi connectivity index (χ1v) is 8.99. The van der Waals surface area contributed by atoms with Crippen molar-refractivity contribution >= 4 is 23.6 Å². The molecule has 2 amide bonds. The van der Waals surface area contributed by atoms with Crippen molar-refractivity contribution in [3.05, 3.63) is 29.3 Å². The van der Waals surface area contributed by atoms with Crippen LogP contribution in [0.15, 0.2) is 24.3 Å². The van der Waals surface area contributed by atoms with E-state index < -0.39 is 11.7 Å². The summed E-state index contributed by atoms with van der Waals surface area (Å²) < 4.78 is 11.3. The molecule has 1 atom stereocenters. The first-order valence-electron chi connectivity index (χ1n) is 8.61. The summed E-state index contributed by atoms with van der Waals surface area (Å²) in [5, 5.41) is 0.570. The molecule has 1 aromatic rings. The number of piperidine rings is 1. The van der Waals surface area contributed by atoms with E-state index in [1.165, 1.54) is 0 Å². The summed E-state index contributed by atoms with van der Waals surface area (Å²) in [6.45, 7) is 6.06. The maximum atomic E-state index is 12.6. The van der Waals surface area contributed by atoms with Crippen molar-refractivity contribution in [1.29, 1.82) is 0 Å². The number of carbonyl (C=O) groups excluding carboxylic acids is 2. The summed E-state index contributed by atoms with van der Waals surface area (Å²) in [6, 6.07) is 7.01. The van der Waals surface area contributed by atoms with Gasteiger partial charge in [0.15, 0.2) is 6.10 Å². The van der Waals surface area contributed by atoms with E-state index in [9.17, 15) is 9.59 Å². The molecule has 2 heterocycles. The minimum absolute atomic E-state index is 0.0634. The van der Waals surface area contributed by atoms with Gasteiger partial charge in [0.1, 0.15) is 11.4 Å². The summed E-state index contributed by atoms with van der Waals surface area (Å²) in [5.74, 6) is 0.511. The quantitative estimate of drug-likeness (QED) is 0.822. The van der Waals surface area contributed by atoms with Crippen molar-refractivity contribution in [3.63, 3.8) is 0 Å². The largest absolute Gasteiger partial charge is 0.481 e. The lowest BCUT2D eigenvalue weighted by Gasteiger charge is -2.38. The number of likely N-dealkylation sites (tertiary alicyclic amines) is 1. The maximum absolute atomic E-state index is 12.6. The zero-order chi connectivity index (χ0) is 18.0. The van der Waals surface area contributed by atoms with Crippen LogP contribution in [0.4, 0.5) is 4.79 Å². The van der Waals surface area contributed by atoms with Gasteiger partial charge in [-0.2, -0.15) is 0 Å². The van der Waals surface area contributed by atoms with Gasteiger partial charge in [-0.3, -0.25) is 4.79 Å². The van der Waals surface area contributed by atoms with Gasteiger partial charge in [-0.05, 0) is 32.0 Å². The fourth-order valence-corrected chi connectivity index (χ4v) is 3.56. The van der Waals surface area contributed by atoms with E-state index in [-0.39, 0.29) is 12.0 Å². The van der Waals surface area contributed by atoms with Gasteiger partial charge in [0, 0.05) is 37.5 Å². The van der Waals surface area contributed by atoms with Gasteiger partial charge in [0.2, 0.25) is 0 Å². The SMILES string of the molecule is CCN1CC2(CCN(C(=O)[C@@H](C)Oc3cccc(Cl)c3)CC2)OC1=O. The Hall–Kier alpha value is -1.95. The molecule has 1 aromatic carbocycles. The molecule has 0 unspecified atom stereocenters. The van der Waals surface area contributed by atoms with Crippen LogP contribution in [0.3, 0.4) is 0 Å². The van der Waals surface area contributed by atoms with Crippen LogP contribution in [0.2, 0.25) is 5.02 Å². The Morgan fingerprint density at radius 2 is 2.12 bits per heavy atom. The van der Waals surface area contributed by atoms with Crippen molar-refractivity contribution in [3.8, 4) is 5.75 Å². The number of halogens is 1. The van der Waals surface area contributed by atoms with E-state index in [0.717, 1.165) is 0 Å². The third-order valence-corrected chi connectivity index (χ3v) is 5.10. The molecule has 2 aliphatic rings. The maximum Gasteiger partial charge on any atom is 0.410 e. The number of hydrogen-bond donors (Lipinski definition) is 0. The van der Waals surface area contributed by atoms with Gasteiger partial charge < -0.3 is 19.3 Å². The number of ether oxygens (including phenoxy) is 2. The second kappa shape index (κ2) is 7.12. The highest BCUT2D eigenvalue weighted by Gasteiger charge is 2.47. The minimum atomic E-state index is -0.592. The predicted molar refractivity (Wildman–Crippen MR) is 93.8 cm³/mol. The lowest BCUT2D eigenvalue weighted by molar-refractivity contribution is -0.141. The minimum Gasteiger partial charge on any atom is -0.481 e. The molecule has 25 heavy (non-hydrogen) atoms. The Labute approximate surface area is 152 Å². The fourth-order valence-electron chi connectivity index (χ4n) is 3.38. The molecule has 2 aliphatic heterocycles. The van der Waals surface area contributed by atoms with Gasteiger partial charge in [-0.1, -0.05) is 17.7 Å². The zero-order valence-electron chi connectivity index (χ0n) is 14.5. The summed E-state index contributed by atoms with van der Waals surface area (Å²) in [5.41, 5.74) is -0.444. The van der Waals surface area contributed by atoms with Crippen LogP contribution in [0.5, 0.6) is 5.75 Å². The molecule has 0 aliphatic carbocycles. The number of hydrogen-bond acceptors (Lipinski definition) is 4. The second-order valence-electron chi connectivity index (χ2n) is 6.61. The number of amides is 2. The Morgan fingerprint density at radius 1 is 1.40 bits per heavy atom. The Kier molecular flexibility index (Phi) is 5.08. The van der Waals surface area contributed by atoms with Crippen molar-refractivity contribution in [2.45, 2.75) is 38.4 Å². The lowest BCUT2D eigenvalue weighted by Crippen LogP contribution is -2.51. The van der Waals surface area contributed by atoms with Crippen LogP contribution in [0.1, 0.15) is 26.7 Å². The summed E-state index contributed by atoms with van der Waals surface area (Å²) in [7, 11) is 0.